The van der Waals surface area contributed by atoms with Gasteiger partial charge >= 0.3 is 0 Å². The third-order valence-electron chi connectivity index (χ3n) is 6.36. The van der Waals surface area contributed by atoms with Gasteiger partial charge in [0.2, 0.25) is 21.8 Å². The van der Waals surface area contributed by atoms with Crippen molar-refractivity contribution in [3.05, 3.63) is 70.0 Å². The number of anilines is 1. The third kappa shape index (κ3) is 7.48. The van der Waals surface area contributed by atoms with Gasteiger partial charge in [0.05, 0.1) is 16.9 Å². The van der Waals surface area contributed by atoms with Crippen LogP contribution in [0.2, 0.25) is 0 Å². The van der Waals surface area contributed by atoms with Crippen molar-refractivity contribution in [1.82, 2.24) is 10.2 Å². The molecule has 1 N–H and O–H groups in total. The largest absolute Gasteiger partial charge is 0.352 e. The number of hydrogen-bond acceptors (Lipinski definition) is 6. The third-order valence-corrected chi connectivity index (χ3v) is 7.50. The molecular weight excluding hydrogens is 503 g/mol. The van der Waals surface area contributed by atoms with Crippen LogP contribution < -0.4 is 9.62 Å². The van der Waals surface area contributed by atoms with E-state index >= 15 is 0 Å². The van der Waals surface area contributed by atoms with E-state index in [4.69, 9.17) is 0 Å². The highest BCUT2D eigenvalue weighted by atomic mass is 32.2. The normalized spacial score (nSPS) is 14.7. The first kappa shape index (κ1) is 28.0. The second-order valence-electron chi connectivity index (χ2n) is 9.11. The molecule has 2 amide bonds. The second-order valence-corrected chi connectivity index (χ2v) is 11.0. The lowest BCUT2D eigenvalue weighted by atomic mass is 10.1. The maximum Gasteiger partial charge on any atom is 0.271 e. The van der Waals surface area contributed by atoms with Gasteiger partial charge in [-0.1, -0.05) is 38.0 Å². The highest BCUT2D eigenvalue weighted by Gasteiger charge is 2.33. The first-order chi connectivity index (χ1) is 17.5. The average Bonchev–Trinajstić information content (AvgIpc) is 3.35. The summed E-state index contributed by atoms with van der Waals surface area (Å²) in [6.45, 7) is 1.02. The van der Waals surface area contributed by atoms with Crippen LogP contribution in [-0.4, -0.2) is 54.9 Å². The van der Waals surface area contributed by atoms with Crippen LogP contribution in [0.25, 0.3) is 0 Å². The fraction of sp³-hybridized carbons (Fsp3) is 0.440. The number of carbonyl (C=O) groups is 2. The van der Waals surface area contributed by atoms with Gasteiger partial charge in [0.1, 0.15) is 18.4 Å². The summed E-state index contributed by atoms with van der Waals surface area (Å²) in [5.74, 6) is -1.47. The summed E-state index contributed by atoms with van der Waals surface area (Å²) in [6.07, 6.45) is 4.87. The van der Waals surface area contributed by atoms with Gasteiger partial charge in [-0.2, -0.15) is 0 Å². The molecule has 37 heavy (non-hydrogen) atoms. The molecular formula is C25H31FN4O6S. The van der Waals surface area contributed by atoms with Gasteiger partial charge in [0, 0.05) is 24.7 Å². The summed E-state index contributed by atoms with van der Waals surface area (Å²) in [5.41, 5.74) is 0.183. The van der Waals surface area contributed by atoms with E-state index in [0.29, 0.717) is 5.56 Å². The van der Waals surface area contributed by atoms with Crippen LogP contribution >= 0.6 is 0 Å². The number of carbonyl (C=O) groups excluding carboxylic acids is 2. The summed E-state index contributed by atoms with van der Waals surface area (Å²) in [7, 11) is -4.03. The molecule has 1 aliphatic rings. The van der Waals surface area contributed by atoms with E-state index in [2.05, 4.69) is 5.32 Å². The van der Waals surface area contributed by atoms with E-state index in [1.807, 2.05) is 0 Å². The Bertz CT molecular complexity index is 1230. The number of halogens is 1. The van der Waals surface area contributed by atoms with Crippen molar-refractivity contribution >= 4 is 33.2 Å². The lowest BCUT2D eigenvalue weighted by molar-refractivity contribution is -0.384. The lowest BCUT2D eigenvalue weighted by Crippen LogP contribution is -2.53. The number of rotatable bonds is 11. The molecule has 3 rings (SSSR count). The number of sulfonamides is 1. The van der Waals surface area contributed by atoms with Gasteiger partial charge in [-0.05, 0) is 43.0 Å². The number of nitrogens with zero attached hydrogens (tertiary/aromatic N) is 3. The van der Waals surface area contributed by atoms with Crippen LogP contribution in [0.5, 0.6) is 0 Å². The first-order valence-corrected chi connectivity index (χ1v) is 13.9. The second kappa shape index (κ2) is 12.1. The molecule has 1 aliphatic carbocycles. The van der Waals surface area contributed by atoms with E-state index in [-0.39, 0.29) is 36.3 Å². The van der Waals surface area contributed by atoms with Crippen LogP contribution in [-0.2, 0) is 26.2 Å². The minimum atomic E-state index is -4.03. The molecule has 12 heteroatoms. The van der Waals surface area contributed by atoms with Crippen molar-refractivity contribution in [2.75, 3.05) is 17.1 Å². The van der Waals surface area contributed by atoms with Crippen molar-refractivity contribution in [2.45, 2.75) is 57.7 Å². The molecule has 0 spiro atoms. The number of benzene rings is 2. The first-order valence-electron chi connectivity index (χ1n) is 12.1. The molecule has 1 atom stereocenters. The molecule has 0 heterocycles. The SMILES string of the molecule is CC[C@H](C(=O)NC1CCCC1)N(Cc1ccc(F)cc1)C(=O)CN(c1cccc([N+](=O)[O-])c1)S(C)(=O)=O. The van der Waals surface area contributed by atoms with E-state index in [0.717, 1.165) is 42.3 Å². The van der Waals surface area contributed by atoms with Crippen molar-refractivity contribution in [2.24, 2.45) is 0 Å². The number of nitro groups is 1. The minimum Gasteiger partial charge on any atom is -0.352 e. The van der Waals surface area contributed by atoms with E-state index in [9.17, 15) is 32.5 Å². The van der Waals surface area contributed by atoms with Crippen molar-refractivity contribution in [3.8, 4) is 0 Å². The Morgan fingerprint density at radius 3 is 2.38 bits per heavy atom. The van der Waals surface area contributed by atoms with Gasteiger partial charge in [-0.3, -0.25) is 24.0 Å². The fourth-order valence-corrected chi connectivity index (χ4v) is 5.29. The molecule has 1 saturated carbocycles. The Morgan fingerprint density at radius 2 is 1.81 bits per heavy atom. The van der Waals surface area contributed by atoms with Crippen LogP contribution in [0.1, 0.15) is 44.6 Å². The quantitative estimate of drug-likeness (QED) is 0.348. The van der Waals surface area contributed by atoms with Crippen molar-refractivity contribution in [1.29, 1.82) is 0 Å². The van der Waals surface area contributed by atoms with Gasteiger partial charge in [-0.15, -0.1) is 0 Å². The van der Waals surface area contributed by atoms with Crippen molar-refractivity contribution < 1.29 is 27.3 Å². The maximum absolute atomic E-state index is 13.6. The smallest absolute Gasteiger partial charge is 0.271 e. The highest BCUT2D eigenvalue weighted by Crippen LogP contribution is 2.24. The number of non-ortho nitro benzene ring substituents is 1. The molecule has 2 aromatic rings. The molecule has 200 valence electrons. The predicted octanol–water partition coefficient (Wildman–Crippen LogP) is 3.37. The molecule has 2 aromatic carbocycles. The van der Waals surface area contributed by atoms with Gasteiger partial charge < -0.3 is 10.2 Å². The van der Waals surface area contributed by atoms with E-state index in [1.165, 1.54) is 47.4 Å². The monoisotopic (exact) mass is 534 g/mol. The number of amides is 2. The number of nitrogens with one attached hydrogen (secondary N) is 1. The van der Waals surface area contributed by atoms with Crippen LogP contribution in [0.4, 0.5) is 15.8 Å². The summed E-state index contributed by atoms with van der Waals surface area (Å²) >= 11 is 0. The Balaban J connectivity index is 1.94. The predicted molar refractivity (Wildman–Crippen MR) is 137 cm³/mol. The average molecular weight is 535 g/mol. The molecule has 0 bridgehead atoms. The zero-order valence-electron chi connectivity index (χ0n) is 20.8. The number of nitro benzene ring substituents is 1. The van der Waals surface area contributed by atoms with E-state index < -0.39 is 39.3 Å². The molecule has 1 fully saturated rings. The lowest BCUT2D eigenvalue weighted by Gasteiger charge is -2.33. The van der Waals surface area contributed by atoms with Gasteiger partial charge in [0.25, 0.3) is 5.69 Å². The Kier molecular flexibility index (Phi) is 9.19. The fourth-order valence-electron chi connectivity index (χ4n) is 4.45. The van der Waals surface area contributed by atoms with Gasteiger partial charge in [0.15, 0.2) is 0 Å². The van der Waals surface area contributed by atoms with E-state index in [1.54, 1.807) is 6.92 Å². The Morgan fingerprint density at radius 1 is 1.16 bits per heavy atom. The molecule has 0 unspecified atom stereocenters. The van der Waals surface area contributed by atoms with Crippen LogP contribution in [0.15, 0.2) is 48.5 Å². The van der Waals surface area contributed by atoms with Crippen molar-refractivity contribution in [3.63, 3.8) is 0 Å². The summed E-state index contributed by atoms with van der Waals surface area (Å²) < 4.78 is 39.5. The topological polar surface area (TPSA) is 130 Å². The zero-order valence-corrected chi connectivity index (χ0v) is 21.6. The minimum absolute atomic E-state index is 0.0155. The highest BCUT2D eigenvalue weighted by molar-refractivity contribution is 7.92. The standard InChI is InChI=1S/C25H31FN4O6S/c1-3-23(25(32)27-20-7-4-5-8-20)28(16-18-11-13-19(26)14-12-18)24(31)17-29(37(2,35)36)21-9-6-10-22(15-21)30(33)34/h6,9-15,20,23H,3-5,7-8,16-17H2,1-2H3,(H,27,32)/t23-/m1/s1. The summed E-state index contributed by atoms with van der Waals surface area (Å²) in [5, 5.41) is 14.2. The Hall–Kier alpha value is -3.54. The Labute approximate surface area is 215 Å². The van der Waals surface area contributed by atoms with Gasteiger partial charge in [-0.25, -0.2) is 12.8 Å². The van der Waals surface area contributed by atoms with Crippen LogP contribution in [0.3, 0.4) is 0 Å². The number of hydrogen-bond donors (Lipinski definition) is 1. The van der Waals surface area contributed by atoms with Crippen LogP contribution in [0, 0.1) is 15.9 Å². The zero-order chi connectivity index (χ0) is 27.2. The molecule has 0 aliphatic heterocycles. The molecule has 0 radical (unpaired) electrons. The summed E-state index contributed by atoms with van der Waals surface area (Å²) in [6, 6.07) is 9.55. The summed E-state index contributed by atoms with van der Waals surface area (Å²) in [4.78, 5) is 38.7. The maximum atomic E-state index is 13.6. The molecule has 10 nitrogen and oxygen atoms in total. The molecule has 0 aromatic heterocycles. The molecule has 0 saturated heterocycles.